The summed E-state index contributed by atoms with van der Waals surface area (Å²) in [6.07, 6.45) is 0. The van der Waals surface area contributed by atoms with E-state index in [2.05, 4.69) is 14.8 Å². The molecule has 3 heteroatoms. The average molecular weight is 425 g/mol. The summed E-state index contributed by atoms with van der Waals surface area (Å²) in [5.74, 6) is 3.54. The molecule has 2 nitrogen and oxygen atoms in total. The van der Waals surface area contributed by atoms with Crippen LogP contribution in [0.25, 0.3) is 0 Å². The van der Waals surface area contributed by atoms with Crippen LogP contribution < -0.4 is 13.1 Å². The zero-order valence-corrected chi connectivity index (χ0v) is 17.2. The molecular weight excluding hydrogens is 403 g/mol. The van der Waals surface area contributed by atoms with E-state index in [-0.39, 0.29) is 0 Å². The molecule has 122 valence electrons. The van der Waals surface area contributed by atoms with E-state index in [0.717, 1.165) is 23.0 Å². The molecule has 0 spiro atoms. The zero-order valence-electron chi connectivity index (χ0n) is 14.3. The summed E-state index contributed by atoms with van der Waals surface area (Å²) in [7, 11) is 0. The third-order valence-electron chi connectivity index (χ3n) is 3.68. The van der Waals surface area contributed by atoms with Crippen molar-refractivity contribution in [1.29, 1.82) is 0 Å². The SMILES string of the molecule is [CH3][Sn]([CH3])([CH3])[c]1c(Oc2ccccc2)cccc1Oc1ccccc1. The quantitative estimate of drug-likeness (QED) is 0.480. The van der Waals surface area contributed by atoms with Gasteiger partial charge in [0.2, 0.25) is 0 Å². The Morgan fingerprint density at radius 1 is 0.542 bits per heavy atom. The molecule has 24 heavy (non-hydrogen) atoms. The topological polar surface area (TPSA) is 18.5 Å². The van der Waals surface area contributed by atoms with Crippen LogP contribution in [-0.4, -0.2) is 18.4 Å². The Balaban J connectivity index is 2.01. The molecule has 0 aliphatic heterocycles. The van der Waals surface area contributed by atoms with E-state index in [9.17, 15) is 0 Å². The molecule has 0 saturated heterocycles. The summed E-state index contributed by atoms with van der Waals surface area (Å²) in [5.41, 5.74) is 0. The van der Waals surface area contributed by atoms with Gasteiger partial charge in [0.05, 0.1) is 0 Å². The molecule has 0 unspecified atom stereocenters. The van der Waals surface area contributed by atoms with Crippen LogP contribution >= 0.6 is 0 Å². The molecule has 0 heterocycles. The first-order valence-electron chi connectivity index (χ1n) is 8.13. The van der Waals surface area contributed by atoms with Crippen LogP contribution in [0.15, 0.2) is 78.9 Å². The maximum atomic E-state index is 6.19. The Morgan fingerprint density at radius 2 is 0.958 bits per heavy atom. The molecule has 3 rings (SSSR count). The van der Waals surface area contributed by atoms with Crippen molar-refractivity contribution in [3.05, 3.63) is 78.9 Å². The number of hydrogen-bond acceptors (Lipinski definition) is 2. The number of rotatable bonds is 5. The fourth-order valence-electron chi connectivity index (χ4n) is 2.65. The van der Waals surface area contributed by atoms with Crippen LogP contribution in [0.4, 0.5) is 0 Å². The molecule has 0 radical (unpaired) electrons. The van der Waals surface area contributed by atoms with E-state index < -0.39 is 18.4 Å². The Bertz CT molecular complexity index is 733. The van der Waals surface area contributed by atoms with E-state index in [1.807, 2.05) is 78.9 Å². The van der Waals surface area contributed by atoms with E-state index >= 15 is 0 Å². The van der Waals surface area contributed by atoms with Crippen LogP contribution in [0, 0.1) is 0 Å². The third-order valence-corrected chi connectivity index (χ3v) is 9.37. The maximum absolute atomic E-state index is 6.19. The summed E-state index contributed by atoms with van der Waals surface area (Å²) in [6, 6.07) is 25.9. The molecule has 0 amide bonds. The fourth-order valence-corrected chi connectivity index (χ4v) is 7.64. The minimum absolute atomic E-state index is 0.853. The van der Waals surface area contributed by atoms with Gasteiger partial charge in [-0.2, -0.15) is 0 Å². The van der Waals surface area contributed by atoms with Crippen molar-refractivity contribution in [1.82, 2.24) is 0 Å². The second-order valence-electron chi connectivity index (χ2n) is 6.71. The Kier molecular flexibility index (Phi) is 5.14. The normalized spacial score (nSPS) is 11.1. The van der Waals surface area contributed by atoms with Gasteiger partial charge < -0.3 is 0 Å². The van der Waals surface area contributed by atoms with E-state index in [4.69, 9.17) is 9.47 Å². The van der Waals surface area contributed by atoms with Crippen LogP contribution in [0.3, 0.4) is 0 Å². The van der Waals surface area contributed by atoms with Crippen molar-refractivity contribution in [2.24, 2.45) is 0 Å². The molecule has 0 bridgehead atoms. The van der Waals surface area contributed by atoms with Gasteiger partial charge in [-0.05, 0) is 0 Å². The van der Waals surface area contributed by atoms with Crippen molar-refractivity contribution in [3.63, 3.8) is 0 Å². The van der Waals surface area contributed by atoms with Gasteiger partial charge in [0, 0.05) is 0 Å². The molecule has 0 aliphatic rings. The summed E-state index contributed by atoms with van der Waals surface area (Å²) in [6.45, 7) is 0. The van der Waals surface area contributed by atoms with Crippen molar-refractivity contribution in [2.75, 3.05) is 0 Å². The molecule has 0 N–H and O–H groups in total. The van der Waals surface area contributed by atoms with Crippen LogP contribution in [0.2, 0.25) is 14.8 Å². The summed E-state index contributed by atoms with van der Waals surface area (Å²) >= 11 is -2.48. The summed E-state index contributed by atoms with van der Waals surface area (Å²) < 4.78 is 13.6. The number of benzene rings is 3. The first-order chi connectivity index (χ1) is 11.5. The number of para-hydroxylation sites is 2. The third kappa shape index (κ3) is 4.12. The van der Waals surface area contributed by atoms with Crippen molar-refractivity contribution >= 4 is 22.0 Å². The molecule has 0 saturated carbocycles. The van der Waals surface area contributed by atoms with Gasteiger partial charge in [-0.25, -0.2) is 0 Å². The molecule has 3 aromatic carbocycles. The van der Waals surface area contributed by atoms with Crippen LogP contribution in [0.1, 0.15) is 0 Å². The molecule has 3 aromatic rings. The van der Waals surface area contributed by atoms with Crippen LogP contribution in [0.5, 0.6) is 23.0 Å². The van der Waals surface area contributed by atoms with Gasteiger partial charge in [-0.1, -0.05) is 0 Å². The second kappa shape index (κ2) is 7.30. The van der Waals surface area contributed by atoms with Gasteiger partial charge in [0.25, 0.3) is 0 Å². The van der Waals surface area contributed by atoms with Crippen LogP contribution in [-0.2, 0) is 0 Å². The van der Waals surface area contributed by atoms with Gasteiger partial charge >= 0.3 is 148 Å². The fraction of sp³-hybridized carbons (Fsp3) is 0.143. The van der Waals surface area contributed by atoms with E-state index in [0.29, 0.717) is 0 Å². The molecular formula is C21H22O2Sn. The van der Waals surface area contributed by atoms with Crippen molar-refractivity contribution in [3.8, 4) is 23.0 Å². The molecule has 0 fully saturated rings. The van der Waals surface area contributed by atoms with Gasteiger partial charge in [0.1, 0.15) is 0 Å². The summed E-state index contributed by atoms with van der Waals surface area (Å²) in [5, 5.41) is 0. The zero-order chi connectivity index (χ0) is 17.0. The Hall–Kier alpha value is -1.94. The summed E-state index contributed by atoms with van der Waals surface area (Å²) in [4.78, 5) is 7.12. The molecule has 0 aliphatic carbocycles. The standard InChI is InChI=1S/C18H13O2.3CH3.Sn/c1-3-8-15(9-4-1)19-17-12-7-13-18(14-17)20-16-10-5-2-6-11-16;;;;/h1-13H;3*1H3;. The van der Waals surface area contributed by atoms with Gasteiger partial charge in [-0.3, -0.25) is 0 Å². The second-order valence-corrected chi connectivity index (χ2v) is 21.0. The number of ether oxygens (including phenoxy) is 2. The Morgan fingerprint density at radius 3 is 1.33 bits per heavy atom. The monoisotopic (exact) mass is 426 g/mol. The van der Waals surface area contributed by atoms with Crippen molar-refractivity contribution in [2.45, 2.75) is 14.8 Å². The van der Waals surface area contributed by atoms with E-state index in [1.54, 1.807) is 0 Å². The Labute approximate surface area is 147 Å². The van der Waals surface area contributed by atoms with E-state index in [1.165, 1.54) is 3.58 Å². The first-order valence-corrected chi connectivity index (χ1v) is 18.1. The van der Waals surface area contributed by atoms with Gasteiger partial charge in [0.15, 0.2) is 0 Å². The first kappa shape index (κ1) is 16.9. The molecule has 0 atom stereocenters. The van der Waals surface area contributed by atoms with Gasteiger partial charge in [-0.15, -0.1) is 0 Å². The number of hydrogen-bond donors (Lipinski definition) is 0. The van der Waals surface area contributed by atoms with Crippen molar-refractivity contribution < 1.29 is 9.47 Å². The predicted molar refractivity (Wildman–Crippen MR) is 102 cm³/mol. The average Bonchev–Trinajstić information content (AvgIpc) is 2.56. The minimum atomic E-state index is -2.48. The predicted octanol–water partition coefficient (Wildman–Crippen LogP) is 5.82. The molecule has 0 aromatic heterocycles.